The zero-order chi connectivity index (χ0) is 23.2. The van der Waals surface area contributed by atoms with E-state index in [1.54, 1.807) is 17.4 Å². The summed E-state index contributed by atoms with van der Waals surface area (Å²) < 4.78 is 11.9. The van der Waals surface area contributed by atoms with Crippen LogP contribution in [0.3, 0.4) is 0 Å². The van der Waals surface area contributed by atoms with Gasteiger partial charge in [0.2, 0.25) is 5.88 Å². The lowest BCUT2D eigenvalue weighted by Gasteiger charge is -2.29. The highest BCUT2D eigenvalue weighted by Crippen LogP contribution is 2.42. The third-order valence-electron chi connectivity index (χ3n) is 7.22. The Labute approximate surface area is 202 Å². The van der Waals surface area contributed by atoms with Gasteiger partial charge >= 0.3 is 5.63 Å². The Morgan fingerprint density at radius 3 is 2.85 bits per heavy atom. The number of hydrogen-bond acceptors (Lipinski definition) is 7. The van der Waals surface area contributed by atoms with Gasteiger partial charge in [0.1, 0.15) is 22.0 Å². The molecule has 0 unspecified atom stereocenters. The lowest BCUT2D eigenvalue weighted by molar-refractivity contribution is 0.181. The Hall–Kier alpha value is -2.77. The Balaban J connectivity index is 1.39. The van der Waals surface area contributed by atoms with Crippen LogP contribution >= 0.6 is 11.3 Å². The molecule has 0 saturated carbocycles. The Morgan fingerprint density at radius 1 is 1.18 bits per heavy atom. The highest BCUT2D eigenvalue weighted by Gasteiger charge is 2.25. The van der Waals surface area contributed by atoms with Crippen molar-refractivity contribution in [2.45, 2.75) is 58.9 Å². The Morgan fingerprint density at radius 2 is 2.03 bits per heavy atom. The molecule has 34 heavy (non-hydrogen) atoms. The molecule has 0 atom stereocenters. The predicted octanol–water partition coefficient (Wildman–Crippen LogP) is 5.87. The number of hydrogen-bond donors (Lipinski definition) is 0. The second kappa shape index (κ2) is 8.78. The second-order valence-electron chi connectivity index (χ2n) is 9.65. The molecule has 1 aliphatic carbocycles. The Kier molecular flexibility index (Phi) is 5.62. The summed E-state index contributed by atoms with van der Waals surface area (Å²) in [5.74, 6) is 2.86. The van der Waals surface area contributed by atoms with Gasteiger partial charge in [0.05, 0.1) is 11.9 Å². The van der Waals surface area contributed by atoms with Gasteiger partial charge < -0.3 is 9.15 Å². The number of benzene rings is 1. The molecule has 0 amide bonds. The Bertz CT molecular complexity index is 1430. The first-order valence-corrected chi connectivity index (χ1v) is 13.2. The van der Waals surface area contributed by atoms with Gasteiger partial charge in [-0.15, -0.1) is 11.3 Å². The van der Waals surface area contributed by atoms with Crippen molar-refractivity contribution in [2.75, 3.05) is 13.1 Å². The number of ether oxygens (including phenoxy) is 1. The molecule has 0 radical (unpaired) electrons. The molecule has 0 bridgehead atoms. The molecule has 6 rings (SSSR count). The van der Waals surface area contributed by atoms with Crippen LogP contribution in [0.25, 0.3) is 21.2 Å². The summed E-state index contributed by atoms with van der Waals surface area (Å²) in [6, 6.07) is 7.29. The van der Waals surface area contributed by atoms with Crippen LogP contribution in [0.1, 0.15) is 54.9 Å². The van der Waals surface area contributed by atoms with E-state index in [1.165, 1.54) is 29.7 Å². The van der Waals surface area contributed by atoms with Crippen LogP contribution in [0, 0.1) is 5.92 Å². The summed E-state index contributed by atoms with van der Waals surface area (Å²) in [5, 5.41) is 2.00. The molecule has 2 aliphatic rings. The standard InChI is InChI=1S/C27H29N3O3S/c1-3-17-13-24(31)33-21-14-18(7-8-19(17)21)32-26-25-20-5-4-6-22(20)34-27(25)29-23(28-26)15-30-11-9-16(2)10-12-30/h7-8,13-14,16H,3-6,9-12,15H2,1-2H3. The second-order valence-corrected chi connectivity index (χ2v) is 10.7. The number of aromatic nitrogens is 2. The number of likely N-dealkylation sites (tertiary alicyclic amines) is 1. The third kappa shape index (κ3) is 4.01. The van der Waals surface area contributed by atoms with Crippen molar-refractivity contribution in [3.63, 3.8) is 0 Å². The normalized spacial score (nSPS) is 17.0. The van der Waals surface area contributed by atoms with Gasteiger partial charge in [0.15, 0.2) is 0 Å². The van der Waals surface area contributed by atoms with E-state index in [1.807, 2.05) is 25.1 Å². The molecule has 1 fully saturated rings. The van der Waals surface area contributed by atoms with Crippen molar-refractivity contribution in [1.82, 2.24) is 14.9 Å². The molecule has 1 aliphatic heterocycles. The maximum Gasteiger partial charge on any atom is 0.336 e. The number of thiophene rings is 1. The first kappa shape index (κ1) is 21.7. The molecule has 0 spiro atoms. The molecule has 4 heterocycles. The van der Waals surface area contributed by atoms with Crippen LogP contribution in [-0.4, -0.2) is 28.0 Å². The van der Waals surface area contributed by atoms with Gasteiger partial charge in [-0.3, -0.25) is 4.90 Å². The topological polar surface area (TPSA) is 68.5 Å². The van der Waals surface area contributed by atoms with E-state index in [2.05, 4.69) is 11.8 Å². The minimum Gasteiger partial charge on any atom is -0.438 e. The molecule has 7 heteroatoms. The maximum absolute atomic E-state index is 12.0. The zero-order valence-corrected chi connectivity index (χ0v) is 20.5. The highest BCUT2D eigenvalue weighted by molar-refractivity contribution is 7.19. The number of nitrogens with zero attached hydrogens (tertiary/aromatic N) is 3. The van der Waals surface area contributed by atoms with Crippen LogP contribution < -0.4 is 10.4 Å². The first-order valence-electron chi connectivity index (χ1n) is 12.4. The molecule has 4 aromatic rings. The van der Waals surface area contributed by atoms with Crippen molar-refractivity contribution < 1.29 is 9.15 Å². The van der Waals surface area contributed by atoms with E-state index in [4.69, 9.17) is 19.1 Å². The molecule has 3 aromatic heterocycles. The van der Waals surface area contributed by atoms with Crippen LogP contribution in [0.4, 0.5) is 0 Å². The number of piperidine rings is 1. The molecule has 1 aromatic carbocycles. The maximum atomic E-state index is 12.0. The molecular formula is C27H29N3O3S. The van der Waals surface area contributed by atoms with Crippen LogP contribution in [0.2, 0.25) is 0 Å². The fourth-order valence-corrected chi connectivity index (χ4v) is 6.52. The minimum atomic E-state index is -0.334. The molecule has 1 saturated heterocycles. The van der Waals surface area contributed by atoms with Crippen molar-refractivity contribution in [3.8, 4) is 11.6 Å². The third-order valence-corrected chi connectivity index (χ3v) is 8.40. The summed E-state index contributed by atoms with van der Waals surface area (Å²) in [6.45, 7) is 7.28. The van der Waals surface area contributed by atoms with E-state index in [9.17, 15) is 4.79 Å². The smallest absolute Gasteiger partial charge is 0.336 e. The van der Waals surface area contributed by atoms with E-state index in [0.717, 1.165) is 71.8 Å². The van der Waals surface area contributed by atoms with Crippen LogP contribution in [0.15, 0.2) is 33.5 Å². The van der Waals surface area contributed by atoms with Gasteiger partial charge in [0, 0.05) is 22.4 Å². The van der Waals surface area contributed by atoms with Gasteiger partial charge in [-0.25, -0.2) is 9.78 Å². The van der Waals surface area contributed by atoms with Crippen molar-refractivity contribution >= 4 is 32.5 Å². The molecule has 6 nitrogen and oxygen atoms in total. The monoisotopic (exact) mass is 475 g/mol. The SMILES string of the molecule is CCc1cc(=O)oc2cc(Oc3nc(CN4CCC(C)CC4)nc4sc5c(c34)CCC5)ccc12. The number of fused-ring (bicyclic) bond motifs is 4. The lowest BCUT2D eigenvalue weighted by atomic mass is 9.99. The van der Waals surface area contributed by atoms with Crippen molar-refractivity contribution in [3.05, 3.63) is 56.5 Å². The predicted molar refractivity (Wildman–Crippen MR) is 135 cm³/mol. The van der Waals surface area contributed by atoms with Gasteiger partial charge in [-0.05, 0) is 80.8 Å². The average molecular weight is 476 g/mol. The van der Waals surface area contributed by atoms with E-state index in [0.29, 0.717) is 17.2 Å². The fraction of sp³-hybridized carbons (Fsp3) is 0.444. The first-order chi connectivity index (χ1) is 16.6. The van der Waals surface area contributed by atoms with Gasteiger partial charge in [-0.2, -0.15) is 4.98 Å². The summed E-state index contributed by atoms with van der Waals surface area (Å²) in [4.78, 5) is 26.8. The summed E-state index contributed by atoms with van der Waals surface area (Å²) >= 11 is 1.79. The van der Waals surface area contributed by atoms with Crippen molar-refractivity contribution in [1.29, 1.82) is 0 Å². The largest absolute Gasteiger partial charge is 0.438 e. The minimum absolute atomic E-state index is 0.334. The zero-order valence-electron chi connectivity index (χ0n) is 19.7. The quantitative estimate of drug-likeness (QED) is 0.336. The van der Waals surface area contributed by atoms with Crippen LogP contribution in [-0.2, 0) is 25.8 Å². The highest BCUT2D eigenvalue weighted by atomic mass is 32.1. The summed E-state index contributed by atoms with van der Waals surface area (Å²) in [6.07, 6.45) is 6.54. The van der Waals surface area contributed by atoms with E-state index < -0.39 is 0 Å². The summed E-state index contributed by atoms with van der Waals surface area (Å²) in [5.41, 5.74) is 2.54. The van der Waals surface area contributed by atoms with E-state index in [-0.39, 0.29) is 5.63 Å². The number of rotatable bonds is 5. The van der Waals surface area contributed by atoms with Gasteiger partial charge in [-0.1, -0.05) is 13.8 Å². The van der Waals surface area contributed by atoms with Crippen molar-refractivity contribution in [2.24, 2.45) is 5.92 Å². The lowest BCUT2D eigenvalue weighted by Crippen LogP contribution is -2.32. The fourth-order valence-electron chi connectivity index (χ4n) is 5.25. The molecule has 176 valence electrons. The summed E-state index contributed by atoms with van der Waals surface area (Å²) in [7, 11) is 0. The average Bonchev–Trinajstić information content (AvgIpc) is 3.41. The molecule has 0 N–H and O–H groups in total. The van der Waals surface area contributed by atoms with Crippen LogP contribution in [0.5, 0.6) is 11.6 Å². The molecular weight excluding hydrogens is 446 g/mol. The number of aryl methyl sites for hydroxylation is 3. The van der Waals surface area contributed by atoms with Gasteiger partial charge in [0.25, 0.3) is 0 Å². The van der Waals surface area contributed by atoms with E-state index >= 15 is 0 Å².